The third-order valence-corrected chi connectivity index (χ3v) is 4.38. The predicted octanol–water partition coefficient (Wildman–Crippen LogP) is -2.26. The van der Waals surface area contributed by atoms with E-state index in [9.17, 15) is 21.9 Å². The van der Waals surface area contributed by atoms with E-state index in [0.717, 1.165) is 24.3 Å². The Hall–Kier alpha value is -1.28. The Morgan fingerprint density at radius 3 is 2.05 bits per heavy atom. The second-order valence-corrected chi connectivity index (χ2v) is 6.78. The molecule has 2 aromatic carbocycles. The molecule has 11 heteroatoms. The van der Waals surface area contributed by atoms with Crippen molar-refractivity contribution in [3.8, 4) is 5.75 Å². The van der Waals surface area contributed by atoms with Crippen molar-refractivity contribution in [2.75, 3.05) is 5.73 Å². The fourth-order valence-electron chi connectivity index (χ4n) is 1.81. The zero-order valence-corrected chi connectivity index (χ0v) is 12.3. The molecule has 110 valence electrons. The van der Waals surface area contributed by atoms with E-state index >= 15 is 0 Å². The molecule has 0 bridgehead atoms. The minimum atomic E-state index is -4.67. The van der Waals surface area contributed by atoms with Gasteiger partial charge >= 0.3 is 18.9 Å². The van der Waals surface area contributed by atoms with Crippen molar-refractivity contribution in [1.82, 2.24) is 0 Å². The Bertz CT molecular complexity index is 928. The van der Waals surface area contributed by atoms with Crippen molar-refractivity contribution in [2.45, 2.75) is 9.79 Å². The second kappa shape index (κ2) is 5.49. The smallest absolute Gasteiger partial charge is 1.00 e. The van der Waals surface area contributed by atoms with Crippen LogP contribution in [0.2, 0.25) is 0 Å². The Kier molecular flexibility index (Phi) is 4.64. The molecule has 0 aliphatic heterocycles. The molecule has 0 saturated heterocycles. The summed E-state index contributed by atoms with van der Waals surface area (Å²) >= 11 is 0. The van der Waals surface area contributed by atoms with Gasteiger partial charge in [-0.15, -0.1) is 0 Å². The number of hydrogen-bond donors (Lipinski definition) is 4. The predicted molar refractivity (Wildman–Crippen MR) is 70.8 cm³/mol. The van der Waals surface area contributed by atoms with Gasteiger partial charge in [0.2, 0.25) is 0 Å². The molecule has 0 heterocycles. The molecule has 0 aromatic heterocycles. The van der Waals surface area contributed by atoms with Gasteiger partial charge in [0.25, 0.3) is 20.2 Å². The van der Waals surface area contributed by atoms with Crippen LogP contribution in [0.15, 0.2) is 34.1 Å². The number of fused-ring (bicyclic) bond motifs is 1. The van der Waals surface area contributed by atoms with Crippen molar-refractivity contribution in [3.63, 3.8) is 0 Å². The first-order valence-electron chi connectivity index (χ1n) is 5.02. The molecule has 0 spiro atoms. The molecule has 8 nitrogen and oxygen atoms in total. The summed E-state index contributed by atoms with van der Waals surface area (Å²) in [5, 5.41) is 9.29. The van der Waals surface area contributed by atoms with E-state index in [4.69, 9.17) is 14.8 Å². The quantitative estimate of drug-likeness (QED) is 0.273. The van der Waals surface area contributed by atoms with Gasteiger partial charge in [-0.2, -0.15) is 16.8 Å². The molecule has 0 amide bonds. The van der Waals surface area contributed by atoms with Crippen LogP contribution < -0.4 is 24.6 Å². The maximum Gasteiger partial charge on any atom is 1.00 e. The van der Waals surface area contributed by atoms with Crippen LogP contribution in [0.1, 0.15) is 1.43 Å². The monoisotopic (exact) mass is 327 g/mol. The molecule has 0 aliphatic rings. The molecular weight excluding hydrogens is 317 g/mol. The van der Waals surface area contributed by atoms with Crippen molar-refractivity contribution >= 4 is 36.7 Å². The van der Waals surface area contributed by atoms with Crippen LogP contribution in [0.25, 0.3) is 10.8 Å². The molecule has 2 rings (SSSR count). The Balaban J connectivity index is 0.00000220. The maximum atomic E-state index is 11.3. The molecule has 0 atom stereocenters. The zero-order valence-electron chi connectivity index (χ0n) is 11.7. The largest absolute Gasteiger partial charge is 1.00 e. The summed E-state index contributed by atoms with van der Waals surface area (Å²) in [6, 6.07) is 3.62. The number of phenolic OH excluding ortho intramolecular Hbond substituents is 1. The fraction of sp³-hybridized carbons (Fsp3) is 0. The van der Waals surface area contributed by atoms with Crippen LogP contribution in [0.4, 0.5) is 5.69 Å². The summed E-state index contributed by atoms with van der Waals surface area (Å²) in [5.41, 5.74) is 5.56. The van der Waals surface area contributed by atoms with Gasteiger partial charge in [0, 0.05) is 22.5 Å². The second-order valence-electron chi connectivity index (χ2n) is 3.97. The van der Waals surface area contributed by atoms with Crippen molar-refractivity contribution in [1.29, 1.82) is 0 Å². The topological polar surface area (TPSA) is 155 Å². The molecule has 21 heavy (non-hydrogen) atoms. The molecule has 0 radical (unpaired) electrons. The van der Waals surface area contributed by atoms with Crippen molar-refractivity contribution in [2.24, 2.45) is 0 Å². The summed E-state index contributed by atoms with van der Waals surface area (Å²) in [6.45, 7) is 0. The van der Waals surface area contributed by atoms with Gasteiger partial charge in [0.1, 0.15) is 10.6 Å². The Labute approximate surface area is 133 Å². The minimum Gasteiger partial charge on any atom is -1.00 e. The first kappa shape index (κ1) is 17.8. The summed E-state index contributed by atoms with van der Waals surface area (Å²) in [5.74, 6) is -0.641. The number of phenols is 1. The van der Waals surface area contributed by atoms with Gasteiger partial charge in [-0.05, 0) is 18.2 Å². The third kappa shape index (κ3) is 3.32. The summed E-state index contributed by atoms with van der Waals surface area (Å²) in [7, 11) is -9.34. The van der Waals surface area contributed by atoms with E-state index in [2.05, 4.69) is 0 Å². The van der Waals surface area contributed by atoms with Crippen LogP contribution >= 0.6 is 0 Å². The van der Waals surface area contributed by atoms with E-state index in [-0.39, 0.29) is 36.7 Å². The van der Waals surface area contributed by atoms with E-state index in [1.54, 1.807) is 0 Å². The summed E-state index contributed by atoms with van der Waals surface area (Å²) in [6.07, 6.45) is 0. The maximum absolute atomic E-state index is 11.3. The van der Waals surface area contributed by atoms with Crippen LogP contribution in [-0.4, -0.2) is 31.0 Å². The van der Waals surface area contributed by atoms with Gasteiger partial charge in [0.05, 0.1) is 4.90 Å². The molecule has 0 saturated carbocycles. The average Bonchev–Trinajstić information content (AvgIpc) is 2.25. The summed E-state index contributed by atoms with van der Waals surface area (Å²) < 4.78 is 62.7. The van der Waals surface area contributed by atoms with Gasteiger partial charge in [0.15, 0.2) is 0 Å². The number of rotatable bonds is 2. The normalized spacial score (nSPS) is 12.1. The number of benzene rings is 2. The first-order chi connectivity index (χ1) is 9.01. The molecule has 0 fully saturated rings. The Morgan fingerprint density at radius 2 is 1.57 bits per heavy atom. The number of aromatic hydroxyl groups is 1. The number of nitrogen functional groups attached to an aromatic ring is 1. The SMILES string of the molecule is Nc1ccc(S(=O)(=O)O)c2cc(S(=O)(=O)O)cc(O)c12.[H-].[Li+]. The number of anilines is 1. The van der Waals surface area contributed by atoms with E-state index in [1.165, 1.54) is 0 Å². The van der Waals surface area contributed by atoms with Crippen LogP contribution in [0.5, 0.6) is 5.75 Å². The molecular formula is C10H10LiNO7S2. The van der Waals surface area contributed by atoms with Gasteiger partial charge in [-0.25, -0.2) is 0 Å². The minimum absolute atomic E-state index is 0. The number of nitrogens with two attached hydrogens (primary N) is 1. The van der Waals surface area contributed by atoms with E-state index in [0.29, 0.717) is 0 Å². The third-order valence-electron chi connectivity index (χ3n) is 2.64. The van der Waals surface area contributed by atoms with Crippen LogP contribution in [-0.2, 0) is 20.2 Å². The standard InChI is InChI=1S/C10H9NO7S2.Li.H/c11-7-1-2-9(20(16,17)18)6-3-5(19(13,14)15)4-8(12)10(6)7;;/h1-4,12H,11H2,(H,13,14,15)(H,16,17,18);;/q;+1;-1. The van der Waals surface area contributed by atoms with E-state index in [1.807, 2.05) is 0 Å². The summed E-state index contributed by atoms with van der Waals surface area (Å²) in [4.78, 5) is -1.36. The van der Waals surface area contributed by atoms with Crippen molar-refractivity contribution in [3.05, 3.63) is 24.3 Å². The zero-order chi connectivity index (χ0) is 15.3. The molecule has 0 unspecified atom stereocenters. The average molecular weight is 327 g/mol. The molecule has 2 aromatic rings. The number of hydrogen-bond acceptors (Lipinski definition) is 6. The van der Waals surface area contributed by atoms with Gasteiger partial charge in [-0.1, -0.05) is 0 Å². The molecule has 0 aliphatic carbocycles. The van der Waals surface area contributed by atoms with Gasteiger partial charge in [-0.3, -0.25) is 9.11 Å². The Morgan fingerprint density at radius 1 is 1.00 bits per heavy atom. The van der Waals surface area contributed by atoms with Crippen LogP contribution in [0, 0.1) is 0 Å². The fourth-order valence-corrected chi connectivity index (χ4v) is 3.02. The van der Waals surface area contributed by atoms with Gasteiger partial charge < -0.3 is 12.3 Å². The van der Waals surface area contributed by atoms with E-state index < -0.39 is 35.8 Å². The first-order valence-corrected chi connectivity index (χ1v) is 7.90. The van der Waals surface area contributed by atoms with Crippen molar-refractivity contribution < 1.29 is 51.3 Å². The van der Waals surface area contributed by atoms with Crippen LogP contribution in [0.3, 0.4) is 0 Å². The molecule has 5 N–H and O–H groups in total.